The van der Waals surface area contributed by atoms with Gasteiger partial charge in [0.05, 0.1) is 12.1 Å². The number of halogens is 1. The Hall–Kier alpha value is -2.40. The molecule has 0 saturated heterocycles. The number of carboxylic acids is 1. The van der Waals surface area contributed by atoms with Gasteiger partial charge in [-0.05, 0) is 35.9 Å². The molecule has 1 heterocycles. The molecule has 0 spiro atoms. The Morgan fingerprint density at radius 1 is 1.15 bits per heavy atom. The number of benzene rings is 2. The van der Waals surface area contributed by atoms with E-state index in [1.807, 2.05) is 18.2 Å². The van der Waals surface area contributed by atoms with E-state index in [0.717, 1.165) is 5.56 Å². The van der Waals surface area contributed by atoms with Gasteiger partial charge in [-0.15, -0.1) is 0 Å². The lowest BCUT2D eigenvalue weighted by Gasteiger charge is -2.00. The molecule has 3 rings (SSSR count). The molecule has 20 heavy (non-hydrogen) atoms. The second-order valence-electron chi connectivity index (χ2n) is 4.37. The molecular weight excluding hydrogens is 278 g/mol. The fourth-order valence-corrected chi connectivity index (χ4v) is 2.17. The number of carboxylic acid groups (broad SMARTS) is 1. The average Bonchev–Trinajstić information content (AvgIpc) is 2.79. The number of rotatable bonds is 3. The molecule has 1 aromatic heterocycles. The Morgan fingerprint density at radius 3 is 2.70 bits per heavy atom. The Labute approximate surface area is 119 Å². The molecule has 100 valence electrons. The lowest BCUT2D eigenvalue weighted by molar-refractivity contribution is 0.0697. The van der Waals surface area contributed by atoms with Crippen molar-refractivity contribution in [2.75, 3.05) is 0 Å². The van der Waals surface area contributed by atoms with E-state index in [4.69, 9.17) is 16.7 Å². The summed E-state index contributed by atoms with van der Waals surface area (Å²) >= 11 is 5.93. The molecule has 1 N–H and O–H groups in total. The largest absolute Gasteiger partial charge is 0.478 e. The van der Waals surface area contributed by atoms with Gasteiger partial charge in [0.1, 0.15) is 11.0 Å². The van der Waals surface area contributed by atoms with Crippen LogP contribution in [-0.2, 0) is 6.54 Å². The molecule has 5 nitrogen and oxygen atoms in total. The first-order valence-electron chi connectivity index (χ1n) is 5.94. The van der Waals surface area contributed by atoms with Gasteiger partial charge in [0.15, 0.2) is 0 Å². The van der Waals surface area contributed by atoms with Gasteiger partial charge >= 0.3 is 5.97 Å². The van der Waals surface area contributed by atoms with Gasteiger partial charge < -0.3 is 5.11 Å². The molecule has 0 radical (unpaired) electrons. The summed E-state index contributed by atoms with van der Waals surface area (Å²) in [5.41, 5.74) is 2.41. The van der Waals surface area contributed by atoms with E-state index in [-0.39, 0.29) is 5.56 Å². The van der Waals surface area contributed by atoms with Crippen molar-refractivity contribution in [3.8, 4) is 0 Å². The smallest absolute Gasteiger partial charge is 0.335 e. The highest BCUT2D eigenvalue weighted by atomic mass is 35.5. The van der Waals surface area contributed by atoms with Crippen LogP contribution >= 0.6 is 11.6 Å². The number of carbonyl (C=O) groups is 1. The lowest BCUT2D eigenvalue weighted by atomic mass is 10.2. The molecule has 0 saturated carbocycles. The summed E-state index contributed by atoms with van der Waals surface area (Å²) in [6.07, 6.45) is 0. The lowest BCUT2D eigenvalue weighted by Crippen LogP contribution is -2.03. The number of hydrogen-bond acceptors (Lipinski definition) is 3. The van der Waals surface area contributed by atoms with Crippen molar-refractivity contribution in [2.24, 2.45) is 0 Å². The van der Waals surface area contributed by atoms with Crippen molar-refractivity contribution < 1.29 is 9.90 Å². The maximum absolute atomic E-state index is 10.9. The number of fused-ring (bicyclic) bond motifs is 1. The van der Waals surface area contributed by atoms with Gasteiger partial charge in [0.25, 0.3) is 0 Å². The monoisotopic (exact) mass is 287 g/mol. The molecule has 0 aliphatic carbocycles. The Kier molecular flexibility index (Phi) is 3.12. The molecule has 0 atom stereocenters. The molecule has 0 aliphatic heterocycles. The van der Waals surface area contributed by atoms with Crippen molar-refractivity contribution >= 4 is 28.6 Å². The Morgan fingerprint density at radius 2 is 1.95 bits per heavy atom. The summed E-state index contributed by atoms with van der Waals surface area (Å²) in [5, 5.41) is 18.2. The summed E-state index contributed by atoms with van der Waals surface area (Å²) in [7, 11) is 0. The third-order valence-electron chi connectivity index (χ3n) is 2.88. The molecule has 0 aliphatic rings. The zero-order chi connectivity index (χ0) is 14.1. The van der Waals surface area contributed by atoms with E-state index < -0.39 is 5.97 Å². The molecule has 2 aromatic carbocycles. The summed E-state index contributed by atoms with van der Waals surface area (Å²) in [6, 6.07) is 12.1. The van der Waals surface area contributed by atoms with Gasteiger partial charge in [-0.25, -0.2) is 4.79 Å². The molecule has 0 fully saturated rings. The van der Waals surface area contributed by atoms with Crippen LogP contribution in [0.25, 0.3) is 11.0 Å². The van der Waals surface area contributed by atoms with E-state index in [1.165, 1.54) is 16.9 Å². The first kappa shape index (κ1) is 12.6. The van der Waals surface area contributed by atoms with Crippen LogP contribution in [0, 0.1) is 0 Å². The van der Waals surface area contributed by atoms with E-state index in [2.05, 4.69) is 10.2 Å². The standard InChI is InChI=1S/C14H10ClN3O2/c15-11-3-1-2-9(6-11)8-18-16-12-5-4-10(14(19)20)7-13(12)17-18/h1-7H,8H2,(H,19,20). The molecule has 0 bridgehead atoms. The van der Waals surface area contributed by atoms with Gasteiger partial charge in [-0.3, -0.25) is 0 Å². The van der Waals surface area contributed by atoms with Gasteiger partial charge in [-0.1, -0.05) is 23.7 Å². The zero-order valence-corrected chi connectivity index (χ0v) is 11.1. The average molecular weight is 288 g/mol. The van der Waals surface area contributed by atoms with E-state index in [0.29, 0.717) is 22.6 Å². The maximum atomic E-state index is 10.9. The highest BCUT2D eigenvalue weighted by Gasteiger charge is 2.08. The predicted octanol–water partition coefficient (Wildman–Crippen LogP) is 2.83. The van der Waals surface area contributed by atoms with Crippen molar-refractivity contribution in [2.45, 2.75) is 6.54 Å². The second kappa shape index (κ2) is 4.94. The van der Waals surface area contributed by atoms with Crippen LogP contribution in [0.4, 0.5) is 0 Å². The second-order valence-corrected chi connectivity index (χ2v) is 4.81. The number of aromatic carboxylic acids is 1. The topological polar surface area (TPSA) is 68.0 Å². The minimum Gasteiger partial charge on any atom is -0.478 e. The number of hydrogen-bond donors (Lipinski definition) is 1. The van der Waals surface area contributed by atoms with Crippen LogP contribution < -0.4 is 0 Å². The third-order valence-corrected chi connectivity index (χ3v) is 3.12. The van der Waals surface area contributed by atoms with Crippen molar-refractivity contribution in [3.05, 3.63) is 58.6 Å². The van der Waals surface area contributed by atoms with Gasteiger partial charge in [0.2, 0.25) is 0 Å². The quantitative estimate of drug-likeness (QED) is 0.804. The summed E-state index contributed by atoms with van der Waals surface area (Å²) < 4.78 is 0. The van der Waals surface area contributed by atoms with E-state index >= 15 is 0 Å². The van der Waals surface area contributed by atoms with E-state index in [9.17, 15) is 4.79 Å². The fraction of sp³-hybridized carbons (Fsp3) is 0.0714. The molecular formula is C14H10ClN3O2. The summed E-state index contributed by atoms with van der Waals surface area (Å²) in [6.45, 7) is 0.484. The van der Waals surface area contributed by atoms with Crippen LogP contribution in [0.1, 0.15) is 15.9 Å². The molecule has 6 heteroatoms. The van der Waals surface area contributed by atoms with Crippen molar-refractivity contribution in [1.29, 1.82) is 0 Å². The Bertz CT molecular complexity index is 798. The molecule has 0 amide bonds. The van der Waals surface area contributed by atoms with Crippen molar-refractivity contribution in [1.82, 2.24) is 15.0 Å². The SMILES string of the molecule is O=C(O)c1ccc2nn(Cc3cccc(Cl)c3)nc2c1. The number of nitrogens with zero attached hydrogens (tertiary/aromatic N) is 3. The third kappa shape index (κ3) is 2.48. The minimum atomic E-state index is -0.976. The van der Waals surface area contributed by atoms with Crippen LogP contribution in [-0.4, -0.2) is 26.1 Å². The van der Waals surface area contributed by atoms with Crippen LogP contribution in [0.2, 0.25) is 5.02 Å². The van der Waals surface area contributed by atoms with Crippen LogP contribution in [0.15, 0.2) is 42.5 Å². The fourth-order valence-electron chi connectivity index (χ4n) is 1.96. The van der Waals surface area contributed by atoms with Gasteiger partial charge in [-0.2, -0.15) is 15.0 Å². The first-order valence-corrected chi connectivity index (χ1v) is 6.32. The van der Waals surface area contributed by atoms with Gasteiger partial charge in [0, 0.05) is 5.02 Å². The first-order chi connectivity index (χ1) is 9.61. The molecule has 3 aromatic rings. The normalized spacial score (nSPS) is 10.8. The minimum absolute atomic E-state index is 0.201. The molecule has 0 unspecified atom stereocenters. The maximum Gasteiger partial charge on any atom is 0.335 e. The van der Waals surface area contributed by atoms with Crippen LogP contribution in [0.5, 0.6) is 0 Å². The summed E-state index contributed by atoms with van der Waals surface area (Å²) in [4.78, 5) is 12.4. The highest BCUT2D eigenvalue weighted by molar-refractivity contribution is 6.30. The van der Waals surface area contributed by atoms with E-state index in [1.54, 1.807) is 12.1 Å². The number of aromatic nitrogens is 3. The zero-order valence-electron chi connectivity index (χ0n) is 10.3. The van der Waals surface area contributed by atoms with Crippen molar-refractivity contribution in [3.63, 3.8) is 0 Å². The predicted molar refractivity (Wildman–Crippen MR) is 75.0 cm³/mol. The summed E-state index contributed by atoms with van der Waals surface area (Å²) in [5.74, 6) is -0.976. The Balaban J connectivity index is 1.95. The highest BCUT2D eigenvalue weighted by Crippen LogP contribution is 2.14. The van der Waals surface area contributed by atoms with Crippen LogP contribution in [0.3, 0.4) is 0 Å².